The lowest BCUT2D eigenvalue weighted by Crippen LogP contribution is -2.30. The SMILES string of the molecule is CCCCCC/C=C\C=C/CCCCCCCC(=O)O[C@H](COC(=O)CCCCCCCCCCCCCCCCC(C)CC)COP(=O)(O)OCC(O)COP(=O)(O)OC[C@@H](COC(=O)CCCCCCCCCCC(C)C)OC(=O)CCCCCCCCCC(C)C. The average molecular weight is 1380 g/mol. The first-order chi connectivity index (χ1) is 45.3. The van der Waals surface area contributed by atoms with Gasteiger partial charge in [0.1, 0.15) is 19.3 Å². The van der Waals surface area contributed by atoms with Crippen LogP contribution in [0.4, 0.5) is 0 Å². The Balaban J connectivity index is 5.26. The number of phosphoric ester groups is 2. The Kier molecular flexibility index (Phi) is 63.5. The lowest BCUT2D eigenvalue weighted by molar-refractivity contribution is -0.161. The van der Waals surface area contributed by atoms with E-state index < -0.39 is 97.5 Å². The number of ether oxygens (including phenoxy) is 4. The predicted octanol–water partition coefficient (Wildman–Crippen LogP) is 21.3. The summed E-state index contributed by atoms with van der Waals surface area (Å²) in [7, 11) is -9.92. The molecular weight excluding hydrogens is 1230 g/mol. The van der Waals surface area contributed by atoms with E-state index in [2.05, 4.69) is 72.8 Å². The second-order valence-electron chi connectivity index (χ2n) is 27.5. The van der Waals surface area contributed by atoms with Crippen molar-refractivity contribution in [2.24, 2.45) is 17.8 Å². The predicted molar refractivity (Wildman–Crippen MR) is 381 cm³/mol. The van der Waals surface area contributed by atoms with Gasteiger partial charge in [0.2, 0.25) is 0 Å². The van der Waals surface area contributed by atoms with Crippen LogP contribution in [0.2, 0.25) is 0 Å². The summed E-state index contributed by atoms with van der Waals surface area (Å²) in [5.41, 5.74) is 0. The number of carbonyl (C=O) groups is 4. The Bertz CT molecular complexity index is 1930. The van der Waals surface area contributed by atoms with Crippen molar-refractivity contribution in [3.05, 3.63) is 24.3 Å². The maximum absolute atomic E-state index is 13.1. The Morgan fingerprint density at radius 3 is 0.947 bits per heavy atom. The van der Waals surface area contributed by atoms with Crippen LogP contribution in [0.5, 0.6) is 0 Å². The number of aliphatic hydroxyl groups excluding tert-OH is 1. The zero-order valence-electron chi connectivity index (χ0n) is 60.9. The third-order valence-corrected chi connectivity index (χ3v) is 19.0. The molecule has 4 unspecified atom stereocenters. The van der Waals surface area contributed by atoms with Gasteiger partial charge in [-0.05, 0) is 69.1 Å². The third-order valence-electron chi connectivity index (χ3n) is 17.1. The molecule has 0 aliphatic carbocycles. The molecule has 3 N–H and O–H groups in total. The van der Waals surface area contributed by atoms with Crippen LogP contribution in [0.3, 0.4) is 0 Å². The molecule has 17 nitrogen and oxygen atoms in total. The van der Waals surface area contributed by atoms with Gasteiger partial charge in [-0.15, -0.1) is 0 Å². The van der Waals surface area contributed by atoms with Crippen molar-refractivity contribution < 1.29 is 80.2 Å². The summed E-state index contributed by atoms with van der Waals surface area (Å²) in [6, 6.07) is 0. The highest BCUT2D eigenvalue weighted by atomic mass is 31.2. The van der Waals surface area contributed by atoms with E-state index in [4.69, 9.17) is 37.0 Å². The van der Waals surface area contributed by atoms with Gasteiger partial charge >= 0.3 is 39.5 Å². The molecule has 6 atom stereocenters. The first-order valence-corrected chi connectivity index (χ1v) is 41.2. The minimum atomic E-state index is -4.97. The van der Waals surface area contributed by atoms with Crippen molar-refractivity contribution in [3.8, 4) is 0 Å². The number of esters is 4. The first kappa shape index (κ1) is 91.5. The quantitative estimate of drug-likeness (QED) is 0.0169. The minimum absolute atomic E-state index is 0.0848. The molecule has 0 radical (unpaired) electrons. The number of aliphatic hydroxyl groups is 1. The zero-order valence-corrected chi connectivity index (χ0v) is 62.7. The smallest absolute Gasteiger partial charge is 0.462 e. The van der Waals surface area contributed by atoms with Gasteiger partial charge in [0.15, 0.2) is 12.2 Å². The molecule has 0 aromatic carbocycles. The molecule has 0 fully saturated rings. The van der Waals surface area contributed by atoms with Crippen molar-refractivity contribution in [1.29, 1.82) is 0 Å². The molecule has 0 spiro atoms. The number of unbranched alkanes of at least 4 members (excludes halogenated alkanes) is 35. The number of carbonyl (C=O) groups excluding carboxylic acids is 4. The van der Waals surface area contributed by atoms with Crippen LogP contribution >= 0.6 is 15.6 Å². The topological polar surface area (TPSA) is 237 Å². The van der Waals surface area contributed by atoms with Gasteiger partial charge in [-0.1, -0.05) is 304 Å². The summed E-state index contributed by atoms with van der Waals surface area (Å²) in [6.45, 7) is 11.8. The van der Waals surface area contributed by atoms with Gasteiger partial charge in [-0.3, -0.25) is 37.3 Å². The summed E-state index contributed by atoms with van der Waals surface area (Å²) in [5, 5.41) is 10.6. The average Bonchev–Trinajstić information content (AvgIpc) is 1.50. The van der Waals surface area contributed by atoms with Crippen LogP contribution in [0.1, 0.15) is 357 Å². The number of rotatable bonds is 71. The molecule has 554 valence electrons. The molecule has 0 saturated carbocycles. The van der Waals surface area contributed by atoms with E-state index in [0.717, 1.165) is 115 Å². The van der Waals surface area contributed by atoms with E-state index in [1.165, 1.54) is 154 Å². The number of hydrogen-bond acceptors (Lipinski definition) is 15. The highest BCUT2D eigenvalue weighted by Gasteiger charge is 2.30. The van der Waals surface area contributed by atoms with Crippen molar-refractivity contribution in [2.45, 2.75) is 375 Å². The van der Waals surface area contributed by atoms with Crippen molar-refractivity contribution in [3.63, 3.8) is 0 Å². The summed E-state index contributed by atoms with van der Waals surface area (Å²) in [6.07, 6.45) is 53.6. The van der Waals surface area contributed by atoms with E-state index in [9.17, 15) is 43.2 Å². The maximum Gasteiger partial charge on any atom is 0.472 e. The second-order valence-corrected chi connectivity index (χ2v) is 30.5. The summed E-state index contributed by atoms with van der Waals surface area (Å²) in [5.74, 6) is 0.114. The van der Waals surface area contributed by atoms with E-state index in [-0.39, 0.29) is 25.7 Å². The van der Waals surface area contributed by atoms with Crippen LogP contribution in [-0.2, 0) is 65.4 Å². The molecule has 0 saturated heterocycles. The fourth-order valence-electron chi connectivity index (χ4n) is 10.9. The van der Waals surface area contributed by atoms with Gasteiger partial charge < -0.3 is 33.8 Å². The Morgan fingerprint density at radius 2 is 0.628 bits per heavy atom. The highest BCUT2D eigenvalue weighted by molar-refractivity contribution is 7.47. The first-order valence-electron chi connectivity index (χ1n) is 38.2. The second kappa shape index (κ2) is 65.2. The molecule has 0 heterocycles. The zero-order chi connectivity index (χ0) is 69.4. The lowest BCUT2D eigenvalue weighted by Gasteiger charge is -2.21. The maximum atomic E-state index is 13.1. The van der Waals surface area contributed by atoms with Crippen molar-refractivity contribution in [1.82, 2.24) is 0 Å². The largest absolute Gasteiger partial charge is 0.472 e. The van der Waals surface area contributed by atoms with Crippen LogP contribution in [0.15, 0.2) is 24.3 Å². The molecule has 0 aliphatic heterocycles. The molecule has 0 rings (SSSR count). The van der Waals surface area contributed by atoms with Crippen LogP contribution in [0, 0.1) is 17.8 Å². The molecule has 0 aromatic rings. The van der Waals surface area contributed by atoms with Gasteiger partial charge in [0.25, 0.3) is 0 Å². The van der Waals surface area contributed by atoms with Crippen molar-refractivity contribution in [2.75, 3.05) is 39.6 Å². The summed E-state index contributed by atoms with van der Waals surface area (Å²) >= 11 is 0. The number of phosphoric acid groups is 2. The summed E-state index contributed by atoms with van der Waals surface area (Å²) < 4.78 is 68.4. The summed E-state index contributed by atoms with van der Waals surface area (Å²) in [4.78, 5) is 72.7. The fraction of sp³-hybridized carbons (Fsp3) is 0.893. The van der Waals surface area contributed by atoms with Gasteiger partial charge in [0, 0.05) is 25.7 Å². The monoisotopic (exact) mass is 1380 g/mol. The van der Waals surface area contributed by atoms with Gasteiger partial charge in [0.05, 0.1) is 26.4 Å². The Hall–Kier alpha value is -2.46. The molecule has 0 aliphatic rings. The molecule has 94 heavy (non-hydrogen) atoms. The van der Waals surface area contributed by atoms with E-state index in [0.29, 0.717) is 31.6 Å². The number of hydrogen-bond donors (Lipinski definition) is 3. The molecule has 0 amide bonds. The Morgan fingerprint density at radius 1 is 0.351 bits per heavy atom. The molecule has 0 aromatic heterocycles. The van der Waals surface area contributed by atoms with E-state index in [1.807, 2.05) is 0 Å². The standard InChI is InChI=1S/C75H142O17P2/c1-8-10-11-12-13-14-15-16-17-22-25-28-37-44-51-58-74(79)91-70(62-85-72(77)56-49-42-35-27-24-21-19-18-20-23-26-34-41-48-55-68(7)9-2)64-89-93(81,82)87-60-69(76)61-88-94(83,84)90-65-71(92-75(80)59-52-45-38-31-33-40-47-54-67(5)6)63-86-73(78)57-50-43-36-30-29-32-39-46-53-66(3)4/h14-17,66-71,76H,8-13,18-65H2,1-7H3,(H,81,82)(H,83,84)/b15-14-,17-16-/t68?,69?,70-,71-/m1/s1. The number of allylic oxidation sites excluding steroid dienone is 4. The molecule has 19 heteroatoms. The fourth-order valence-corrected chi connectivity index (χ4v) is 12.4. The van der Waals surface area contributed by atoms with Gasteiger partial charge in [-0.25, -0.2) is 9.13 Å². The molecule has 0 bridgehead atoms. The van der Waals surface area contributed by atoms with E-state index in [1.54, 1.807) is 0 Å². The normalized spacial score (nSPS) is 14.6. The molecular formula is C75H142O17P2. The van der Waals surface area contributed by atoms with Gasteiger partial charge in [-0.2, -0.15) is 0 Å². The van der Waals surface area contributed by atoms with Crippen LogP contribution in [-0.4, -0.2) is 96.7 Å². The van der Waals surface area contributed by atoms with Crippen molar-refractivity contribution >= 4 is 39.5 Å². The highest BCUT2D eigenvalue weighted by Crippen LogP contribution is 2.45. The minimum Gasteiger partial charge on any atom is -0.462 e. The van der Waals surface area contributed by atoms with Crippen LogP contribution < -0.4 is 0 Å². The third kappa shape index (κ3) is 66.8. The van der Waals surface area contributed by atoms with Crippen LogP contribution in [0.25, 0.3) is 0 Å². The lowest BCUT2D eigenvalue weighted by atomic mass is 9.99. The van der Waals surface area contributed by atoms with E-state index >= 15 is 0 Å². The Labute approximate surface area is 573 Å².